The Kier molecular flexibility index (Phi) is 5.30. The van der Waals surface area contributed by atoms with Crippen LogP contribution in [0.25, 0.3) is 44.8 Å². The maximum Gasteiger partial charge on any atom is 0.123 e. The molecule has 1 heterocycles. The summed E-state index contributed by atoms with van der Waals surface area (Å²) in [5.41, 5.74) is 7.42. The van der Waals surface area contributed by atoms with Crippen molar-refractivity contribution in [2.75, 3.05) is 0 Å². The quantitative estimate of drug-likeness (QED) is 0.287. The molecule has 0 aliphatic carbocycles. The molecule has 0 N–H and O–H groups in total. The Bertz CT molecular complexity index is 1280. The minimum Gasteiger partial charge on any atom is -0.248 e. The van der Waals surface area contributed by atoms with Crippen molar-refractivity contribution in [1.82, 2.24) is 4.98 Å². The van der Waals surface area contributed by atoms with Gasteiger partial charge in [0.2, 0.25) is 0 Å². The number of pyridine rings is 1. The maximum absolute atomic E-state index is 13.5. The van der Waals surface area contributed by atoms with Crippen molar-refractivity contribution in [1.29, 1.82) is 0 Å². The lowest BCUT2D eigenvalue weighted by molar-refractivity contribution is 0.627. The van der Waals surface area contributed by atoms with Crippen molar-refractivity contribution in [3.8, 4) is 44.8 Å². The normalized spacial score (nSPS) is 10.8. The summed E-state index contributed by atoms with van der Waals surface area (Å²) in [6, 6.07) is 35.1. The number of rotatable bonds is 4. The Morgan fingerprint density at radius 1 is 0.375 bits per heavy atom. The second-order valence-electron chi connectivity index (χ2n) is 7.58. The lowest BCUT2D eigenvalue weighted by Gasteiger charge is -2.11. The highest BCUT2D eigenvalue weighted by Gasteiger charge is 2.10. The van der Waals surface area contributed by atoms with Gasteiger partial charge in [-0.3, -0.25) is 0 Å². The molecule has 5 rings (SSSR count). The van der Waals surface area contributed by atoms with Gasteiger partial charge in [0.25, 0.3) is 0 Å². The van der Waals surface area contributed by atoms with E-state index >= 15 is 0 Å². The first-order valence-electron chi connectivity index (χ1n) is 10.4. The van der Waals surface area contributed by atoms with Gasteiger partial charge in [-0.25, -0.2) is 13.8 Å². The van der Waals surface area contributed by atoms with E-state index in [1.807, 2.05) is 30.3 Å². The molecule has 0 radical (unpaired) electrons. The standard InChI is InChI=1S/C29H19F2N/c30-26-14-10-23(11-15-26)28-18-25(19-29(32-28)24-12-16-27(31)17-13-24)22-8-6-21(7-9-22)20-4-2-1-3-5-20/h1-19H. The lowest BCUT2D eigenvalue weighted by atomic mass is 9.97. The molecule has 32 heavy (non-hydrogen) atoms. The number of hydrogen-bond acceptors (Lipinski definition) is 1. The zero-order valence-electron chi connectivity index (χ0n) is 17.2. The van der Waals surface area contributed by atoms with E-state index in [1.165, 1.54) is 24.3 Å². The van der Waals surface area contributed by atoms with Gasteiger partial charge in [0.05, 0.1) is 11.4 Å². The predicted molar refractivity (Wildman–Crippen MR) is 126 cm³/mol. The molecule has 4 aromatic carbocycles. The lowest BCUT2D eigenvalue weighted by Crippen LogP contribution is -1.92. The van der Waals surface area contributed by atoms with Gasteiger partial charge in [0.1, 0.15) is 11.6 Å². The van der Waals surface area contributed by atoms with E-state index in [0.717, 1.165) is 44.8 Å². The fourth-order valence-electron chi connectivity index (χ4n) is 3.72. The van der Waals surface area contributed by atoms with Crippen LogP contribution in [-0.2, 0) is 0 Å². The van der Waals surface area contributed by atoms with Gasteiger partial charge >= 0.3 is 0 Å². The van der Waals surface area contributed by atoms with Crippen LogP contribution in [0.2, 0.25) is 0 Å². The molecule has 0 fully saturated rings. The Labute approximate surface area is 185 Å². The second-order valence-corrected chi connectivity index (χ2v) is 7.58. The Hall–Kier alpha value is -4.11. The van der Waals surface area contributed by atoms with Gasteiger partial charge in [0, 0.05) is 11.1 Å². The maximum atomic E-state index is 13.5. The predicted octanol–water partition coefficient (Wildman–Crippen LogP) is 8.03. The average Bonchev–Trinajstić information content (AvgIpc) is 2.85. The Morgan fingerprint density at radius 3 is 1.22 bits per heavy atom. The fourth-order valence-corrected chi connectivity index (χ4v) is 3.72. The third-order valence-electron chi connectivity index (χ3n) is 5.43. The van der Waals surface area contributed by atoms with Crippen molar-refractivity contribution in [3.05, 3.63) is 127 Å². The van der Waals surface area contributed by atoms with Gasteiger partial charge in [-0.2, -0.15) is 0 Å². The summed E-state index contributed by atoms with van der Waals surface area (Å²) in [7, 11) is 0. The van der Waals surface area contributed by atoms with Crippen LogP contribution in [0.4, 0.5) is 8.78 Å². The highest BCUT2D eigenvalue weighted by atomic mass is 19.1. The number of benzene rings is 4. The van der Waals surface area contributed by atoms with E-state index < -0.39 is 0 Å². The van der Waals surface area contributed by atoms with E-state index in [9.17, 15) is 8.78 Å². The molecule has 0 atom stereocenters. The van der Waals surface area contributed by atoms with Crippen LogP contribution in [0.5, 0.6) is 0 Å². The van der Waals surface area contributed by atoms with Crippen LogP contribution in [-0.4, -0.2) is 4.98 Å². The minimum absolute atomic E-state index is 0.292. The van der Waals surface area contributed by atoms with Crippen molar-refractivity contribution in [2.45, 2.75) is 0 Å². The van der Waals surface area contributed by atoms with Crippen LogP contribution in [0.15, 0.2) is 115 Å². The highest BCUT2D eigenvalue weighted by Crippen LogP contribution is 2.31. The third kappa shape index (κ3) is 4.19. The largest absolute Gasteiger partial charge is 0.248 e. The molecule has 0 unspecified atom stereocenters. The summed E-state index contributed by atoms with van der Waals surface area (Å²) in [5.74, 6) is -0.583. The van der Waals surface area contributed by atoms with Gasteiger partial charge < -0.3 is 0 Å². The van der Waals surface area contributed by atoms with Crippen LogP contribution in [0.1, 0.15) is 0 Å². The van der Waals surface area contributed by atoms with Crippen molar-refractivity contribution in [2.24, 2.45) is 0 Å². The van der Waals surface area contributed by atoms with Crippen LogP contribution < -0.4 is 0 Å². The monoisotopic (exact) mass is 419 g/mol. The first kappa shape index (κ1) is 19.8. The summed E-state index contributed by atoms with van der Waals surface area (Å²) >= 11 is 0. The zero-order valence-corrected chi connectivity index (χ0v) is 17.2. The first-order valence-corrected chi connectivity index (χ1v) is 10.4. The van der Waals surface area contributed by atoms with E-state index in [1.54, 1.807) is 24.3 Å². The molecule has 5 aromatic rings. The summed E-state index contributed by atoms with van der Waals surface area (Å²) < 4.78 is 26.9. The molecule has 0 aliphatic heterocycles. The molecule has 1 aromatic heterocycles. The van der Waals surface area contributed by atoms with E-state index in [2.05, 4.69) is 36.4 Å². The van der Waals surface area contributed by atoms with E-state index in [-0.39, 0.29) is 11.6 Å². The molecule has 0 saturated heterocycles. The molecular formula is C29H19F2N. The van der Waals surface area contributed by atoms with E-state index in [4.69, 9.17) is 4.98 Å². The summed E-state index contributed by atoms with van der Waals surface area (Å²) in [5, 5.41) is 0. The van der Waals surface area contributed by atoms with Crippen LogP contribution in [0, 0.1) is 11.6 Å². The summed E-state index contributed by atoms with van der Waals surface area (Å²) in [6.07, 6.45) is 0. The molecular weight excluding hydrogens is 400 g/mol. The SMILES string of the molecule is Fc1ccc(-c2cc(-c3ccc(-c4ccccc4)cc3)cc(-c3ccc(F)cc3)n2)cc1. The van der Waals surface area contributed by atoms with Gasteiger partial charge in [0.15, 0.2) is 0 Å². The molecule has 154 valence electrons. The number of nitrogens with zero attached hydrogens (tertiary/aromatic N) is 1. The molecule has 0 saturated carbocycles. The minimum atomic E-state index is -0.292. The van der Waals surface area contributed by atoms with Crippen LogP contribution in [0.3, 0.4) is 0 Å². The smallest absolute Gasteiger partial charge is 0.123 e. The van der Waals surface area contributed by atoms with Gasteiger partial charge in [-0.15, -0.1) is 0 Å². The van der Waals surface area contributed by atoms with E-state index in [0.29, 0.717) is 0 Å². The molecule has 0 aliphatic rings. The Morgan fingerprint density at radius 2 is 0.750 bits per heavy atom. The molecule has 0 bridgehead atoms. The molecule has 0 amide bonds. The van der Waals surface area contributed by atoms with Crippen LogP contribution >= 0.6 is 0 Å². The number of halogens is 2. The third-order valence-corrected chi connectivity index (χ3v) is 5.43. The summed E-state index contributed by atoms with van der Waals surface area (Å²) in [6.45, 7) is 0. The zero-order chi connectivity index (χ0) is 21.9. The Balaban J connectivity index is 1.60. The van der Waals surface area contributed by atoms with Gasteiger partial charge in [-0.1, -0.05) is 54.6 Å². The molecule has 1 nitrogen and oxygen atoms in total. The first-order chi connectivity index (χ1) is 15.7. The topological polar surface area (TPSA) is 12.9 Å². The van der Waals surface area contributed by atoms with Gasteiger partial charge in [-0.05, 0) is 82.9 Å². The van der Waals surface area contributed by atoms with Crippen molar-refractivity contribution < 1.29 is 8.78 Å². The second kappa shape index (κ2) is 8.56. The average molecular weight is 419 g/mol. The number of aromatic nitrogens is 1. The number of hydrogen-bond donors (Lipinski definition) is 0. The van der Waals surface area contributed by atoms with Crippen molar-refractivity contribution in [3.63, 3.8) is 0 Å². The highest BCUT2D eigenvalue weighted by molar-refractivity contribution is 5.78. The molecule has 3 heteroatoms. The molecule has 0 spiro atoms. The fraction of sp³-hybridized carbons (Fsp3) is 0. The summed E-state index contributed by atoms with van der Waals surface area (Å²) in [4.78, 5) is 4.78. The van der Waals surface area contributed by atoms with Crippen molar-refractivity contribution >= 4 is 0 Å².